The van der Waals surface area contributed by atoms with Crippen molar-refractivity contribution in [3.63, 3.8) is 0 Å². The number of carbonyl (C=O) groups excluding carboxylic acids is 2. The molecule has 1 atom stereocenters. The number of rotatable bonds is 12. The molecule has 178 valence electrons. The first kappa shape index (κ1) is 25.6. The third kappa shape index (κ3) is 7.48. The van der Waals surface area contributed by atoms with E-state index in [2.05, 4.69) is 5.32 Å². The number of hydrogen-bond donors (Lipinski definition) is 1. The maximum atomic E-state index is 13.1. The van der Waals surface area contributed by atoms with Crippen LogP contribution in [0.15, 0.2) is 42.5 Å². The highest BCUT2D eigenvalue weighted by Gasteiger charge is 2.26. The van der Waals surface area contributed by atoms with Crippen LogP contribution in [-0.4, -0.2) is 47.9 Å². The fraction of sp³-hybridized carbons (Fsp3) is 0.417. The summed E-state index contributed by atoms with van der Waals surface area (Å²) in [6.07, 6.45) is 1.81. The number of nitrogens with zero attached hydrogens (tertiary/aromatic N) is 2. The number of nitrogens with one attached hydrogen (secondary N) is 1. The predicted molar refractivity (Wildman–Crippen MR) is 124 cm³/mol. The average Bonchev–Trinajstić information content (AvgIpc) is 2.81. The van der Waals surface area contributed by atoms with Crippen molar-refractivity contribution in [2.24, 2.45) is 0 Å². The number of nitro benzene ring substituents is 1. The predicted octanol–water partition coefficient (Wildman–Crippen LogP) is 3.62. The molecule has 2 amide bonds. The molecule has 0 saturated heterocycles. The first-order valence-corrected chi connectivity index (χ1v) is 10.8. The van der Waals surface area contributed by atoms with Crippen molar-refractivity contribution >= 4 is 17.5 Å². The molecule has 0 saturated carbocycles. The lowest BCUT2D eigenvalue weighted by molar-refractivity contribution is -0.385. The van der Waals surface area contributed by atoms with Crippen molar-refractivity contribution in [1.82, 2.24) is 10.2 Å². The van der Waals surface area contributed by atoms with Crippen LogP contribution in [0.1, 0.15) is 37.8 Å². The number of hydrogen-bond acceptors (Lipinski definition) is 6. The van der Waals surface area contributed by atoms with Crippen molar-refractivity contribution < 1.29 is 24.0 Å². The zero-order valence-electron chi connectivity index (χ0n) is 19.5. The molecule has 0 spiro atoms. The maximum absolute atomic E-state index is 13.1. The highest BCUT2D eigenvalue weighted by Crippen LogP contribution is 2.30. The molecule has 0 heterocycles. The fourth-order valence-electron chi connectivity index (χ4n) is 3.14. The fourth-order valence-corrected chi connectivity index (χ4v) is 3.14. The van der Waals surface area contributed by atoms with Gasteiger partial charge in [-0.3, -0.25) is 19.7 Å². The molecule has 0 fully saturated rings. The topological polar surface area (TPSA) is 111 Å². The van der Waals surface area contributed by atoms with E-state index in [0.717, 1.165) is 24.0 Å². The van der Waals surface area contributed by atoms with Gasteiger partial charge in [-0.05, 0) is 31.9 Å². The Kier molecular flexibility index (Phi) is 9.65. The second kappa shape index (κ2) is 12.4. The van der Waals surface area contributed by atoms with Crippen LogP contribution in [0.4, 0.5) is 5.69 Å². The van der Waals surface area contributed by atoms with Crippen LogP contribution in [0, 0.1) is 17.0 Å². The number of aryl methyl sites for hydroxylation is 1. The van der Waals surface area contributed by atoms with Gasteiger partial charge in [0.1, 0.15) is 11.8 Å². The van der Waals surface area contributed by atoms with Gasteiger partial charge in [0.2, 0.25) is 11.7 Å². The van der Waals surface area contributed by atoms with E-state index in [-0.39, 0.29) is 42.2 Å². The minimum absolute atomic E-state index is 0.0325. The number of benzene rings is 2. The lowest BCUT2D eigenvalue weighted by Gasteiger charge is -2.28. The second-order valence-corrected chi connectivity index (χ2v) is 7.71. The third-order valence-electron chi connectivity index (χ3n) is 5.18. The SMILES string of the molecule is CCCCNC(=O)[C@H](C)N(Cc1ccc(C)cc1)C(=O)COc1ccc([N+](=O)[O-])c(OC)c1. The molecule has 9 heteroatoms. The Morgan fingerprint density at radius 3 is 2.48 bits per heavy atom. The third-order valence-corrected chi connectivity index (χ3v) is 5.18. The summed E-state index contributed by atoms with van der Waals surface area (Å²) in [5.41, 5.74) is 1.78. The van der Waals surface area contributed by atoms with E-state index < -0.39 is 11.0 Å². The summed E-state index contributed by atoms with van der Waals surface area (Å²) in [6.45, 7) is 6.15. The summed E-state index contributed by atoms with van der Waals surface area (Å²) >= 11 is 0. The smallest absolute Gasteiger partial charge is 0.311 e. The van der Waals surface area contributed by atoms with Crippen molar-refractivity contribution in [3.05, 3.63) is 63.7 Å². The summed E-state index contributed by atoms with van der Waals surface area (Å²) in [7, 11) is 1.32. The van der Waals surface area contributed by atoms with E-state index in [1.54, 1.807) is 6.92 Å². The minimum atomic E-state index is -0.703. The van der Waals surface area contributed by atoms with Gasteiger partial charge < -0.3 is 19.7 Å². The largest absolute Gasteiger partial charge is 0.490 e. The Hall–Kier alpha value is -3.62. The quantitative estimate of drug-likeness (QED) is 0.296. The number of unbranched alkanes of at least 4 members (excludes halogenated alkanes) is 1. The molecule has 2 aromatic carbocycles. The Labute approximate surface area is 193 Å². The van der Waals surface area contributed by atoms with Crippen molar-refractivity contribution in [2.45, 2.75) is 46.2 Å². The van der Waals surface area contributed by atoms with Crippen LogP contribution >= 0.6 is 0 Å². The maximum Gasteiger partial charge on any atom is 0.311 e. The first-order valence-electron chi connectivity index (χ1n) is 10.8. The van der Waals surface area contributed by atoms with Crippen LogP contribution in [0.25, 0.3) is 0 Å². The van der Waals surface area contributed by atoms with Crippen LogP contribution in [0.3, 0.4) is 0 Å². The Morgan fingerprint density at radius 2 is 1.88 bits per heavy atom. The van der Waals surface area contributed by atoms with E-state index in [0.29, 0.717) is 6.54 Å². The van der Waals surface area contributed by atoms with Gasteiger partial charge in [-0.25, -0.2) is 0 Å². The molecule has 0 bridgehead atoms. The van der Waals surface area contributed by atoms with Crippen LogP contribution in [0.2, 0.25) is 0 Å². The van der Waals surface area contributed by atoms with Crippen LogP contribution in [0.5, 0.6) is 11.5 Å². The molecule has 0 unspecified atom stereocenters. The van der Waals surface area contributed by atoms with Gasteiger partial charge >= 0.3 is 5.69 Å². The summed E-state index contributed by atoms with van der Waals surface area (Å²) in [5, 5.41) is 13.9. The summed E-state index contributed by atoms with van der Waals surface area (Å²) in [4.78, 5) is 37.7. The van der Waals surface area contributed by atoms with Gasteiger partial charge in [0.15, 0.2) is 6.61 Å². The molecule has 0 aliphatic carbocycles. The molecule has 2 rings (SSSR count). The standard InChI is InChI=1S/C24H31N3O6/c1-5-6-13-25-24(29)18(3)26(15-19-9-7-17(2)8-10-19)23(28)16-33-20-11-12-21(27(30)31)22(14-20)32-4/h7-12,14,18H,5-6,13,15-16H2,1-4H3,(H,25,29)/t18-/m0/s1. The molecule has 2 aromatic rings. The lowest BCUT2D eigenvalue weighted by atomic mass is 10.1. The van der Waals surface area contributed by atoms with E-state index >= 15 is 0 Å². The molecular weight excluding hydrogens is 426 g/mol. The van der Waals surface area contributed by atoms with E-state index in [1.165, 1.54) is 30.2 Å². The summed E-state index contributed by atoms with van der Waals surface area (Å²) in [6, 6.07) is 11.0. The molecule has 0 aromatic heterocycles. The Bertz CT molecular complexity index is 961. The zero-order valence-corrected chi connectivity index (χ0v) is 19.5. The molecule has 0 aliphatic rings. The van der Waals surface area contributed by atoms with Crippen molar-refractivity contribution in [2.75, 3.05) is 20.3 Å². The number of ether oxygens (including phenoxy) is 2. The monoisotopic (exact) mass is 457 g/mol. The van der Waals surface area contributed by atoms with Gasteiger partial charge in [-0.1, -0.05) is 43.2 Å². The Balaban J connectivity index is 2.15. The average molecular weight is 458 g/mol. The summed E-state index contributed by atoms with van der Waals surface area (Å²) in [5.74, 6) is -0.335. The normalized spacial score (nSPS) is 11.4. The summed E-state index contributed by atoms with van der Waals surface area (Å²) < 4.78 is 10.6. The number of nitro groups is 1. The van der Waals surface area contributed by atoms with Gasteiger partial charge in [-0.2, -0.15) is 0 Å². The van der Waals surface area contributed by atoms with Crippen molar-refractivity contribution in [1.29, 1.82) is 0 Å². The van der Waals surface area contributed by atoms with Gasteiger partial charge in [-0.15, -0.1) is 0 Å². The van der Waals surface area contributed by atoms with Crippen molar-refractivity contribution in [3.8, 4) is 11.5 Å². The van der Waals surface area contributed by atoms with Gasteiger partial charge in [0.25, 0.3) is 5.91 Å². The van der Waals surface area contributed by atoms with Crippen LogP contribution < -0.4 is 14.8 Å². The molecule has 9 nitrogen and oxygen atoms in total. The van der Waals surface area contributed by atoms with E-state index in [9.17, 15) is 19.7 Å². The van der Waals surface area contributed by atoms with Gasteiger partial charge in [0, 0.05) is 25.2 Å². The molecule has 1 N–H and O–H groups in total. The van der Waals surface area contributed by atoms with E-state index in [1.807, 2.05) is 38.1 Å². The molecule has 0 aliphatic heterocycles. The van der Waals surface area contributed by atoms with E-state index in [4.69, 9.17) is 9.47 Å². The van der Waals surface area contributed by atoms with Gasteiger partial charge in [0.05, 0.1) is 12.0 Å². The second-order valence-electron chi connectivity index (χ2n) is 7.71. The minimum Gasteiger partial charge on any atom is -0.490 e. The molecule has 0 radical (unpaired) electrons. The zero-order chi connectivity index (χ0) is 24.4. The Morgan fingerprint density at radius 1 is 1.18 bits per heavy atom. The highest BCUT2D eigenvalue weighted by atomic mass is 16.6. The first-order chi connectivity index (χ1) is 15.8. The molecule has 33 heavy (non-hydrogen) atoms. The lowest BCUT2D eigenvalue weighted by Crippen LogP contribution is -2.49. The van der Waals surface area contributed by atoms with Crippen LogP contribution in [-0.2, 0) is 16.1 Å². The number of methoxy groups -OCH3 is 1. The number of amides is 2. The molecular formula is C24H31N3O6. The number of carbonyl (C=O) groups is 2. The highest BCUT2D eigenvalue weighted by molar-refractivity contribution is 5.88.